The van der Waals surface area contributed by atoms with E-state index >= 15 is 0 Å². The predicted octanol–water partition coefficient (Wildman–Crippen LogP) is 4.47. The van der Waals surface area contributed by atoms with Crippen LogP contribution in [-0.4, -0.2) is 29.6 Å². The zero-order chi connectivity index (χ0) is 15.5. The first-order valence-electron chi connectivity index (χ1n) is 7.92. The van der Waals surface area contributed by atoms with E-state index in [4.69, 9.17) is 0 Å². The average Bonchev–Trinajstić information content (AvgIpc) is 2.46. The first-order chi connectivity index (χ1) is 9.93. The van der Waals surface area contributed by atoms with Crippen LogP contribution in [0.3, 0.4) is 0 Å². The molecule has 0 amide bonds. The molecule has 0 bridgehead atoms. The Morgan fingerprint density at radius 3 is 2.67 bits per heavy atom. The van der Waals surface area contributed by atoms with E-state index in [-0.39, 0.29) is 0 Å². The lowest BCUT2D eigenvalue weighted by molar-refractivity contribution is 0.222. The van der Waals surface area contributed by atoms with Gasteiger partial charge >= 0.3 is 0 Å². The molecule has 1 fully saturated rings. The maximum absolute atomic E-state index is 4.68. The van der Waals surface area contributed by atoms with Gasteiger partial charge < -0.3 is 10.2 Å². The number of anilines is 2. The van der Waals surface area contributed by atoms with Crippen LogP contribution in [-0.2, 0) is 0 Å². The lowest BCUT2D eigenvalue weighted by atomic mass is 9.75. The van der Waals surface area contributed by atoms with E-state index in [1.807, 2.05) is 6.20 Å². The minimum absolute atomic E-state index is 0.494. The van der Waals surface area contributed by atoms with Crippen molar-refractivity contribution >= 4 is 27.7 Å². The standard InChI is InChI=1S/C16H27BrN4/c1-5-10-18-15-19-11-13(17)14(20-15)21(4)12-6-8-16(2,3)9-7-12/h11-12H,5-10H2,1-4H3,(H,18,19,20). The molecule has 1 aliphatic carbocycles. The molecule has 0 atom stereocenters. The van der Waals surface area contributed by atoms with Crippen molar-refractivity contribution in [3.63, 3.8) is 0 Å². The number of hydrogen-bond acceptors (Lipinski definition) is 4. The third-order valence-electron chi connectivity index (χ3n) is 4.45. The number of halogens is 1. The first kappa shape index (κ1) is 16.5. The van der Waals surface area contributed by atoms with Crippen molar-refractivity contribution < 1.29 is 0 Å². The van der Waals surface area contributed by atoms with Crippen molar-refractivity contribution in [3.8, 4) is 0 Å². The molecule has 0 aromatic carbocycles. The van der Waals surface area contributed by atoms with E-state index in [2.05, 4.69) is 63.9 Å². The highest BCUT2D eigenvalue weighted by Gasteiger charge is 2.30. The van der Waals surface area contributed by atoms with Gasteiger partial charge in [-0.1, -0.05) is 20.8 Å². The predicted molar refractivity (Wildman–Crippen MR) is 93.0 cm³/mol. The second-order valence-corrected chi connectivity index (χ2v) is 7.65. The van der Waals surface area contributed by atoms with Crippen LogP contribution in [0.2, 0.25) is 0 Å². The van der Waals surface area contributed by atoms with Crippen LogP contribution < -0.4 is 10.2 Å². The molecular weight excluding hydrogens is 328 g/mol. The summed E-state index contributed by atoms with van der Waals surface area (Å²) in [6, 6.07) is 0.572. The fourth-order valence-corrected chi connectivity index (χ4v) is 3.34. The molecule has 0 unspecified atom stereocenters. The van der Waals surface area contributed by atoms with Gasteiger partial charge in [0.15, 0.2) is 0 Å². The van der Waals surface area contributed by atoms with Crippen molar-refractivity contribution in [2.24, 2.45) is 5.41 Å². The zero-order valence-electron chi connectivity index (χ0n) is 13.6. The summed E-state index contributed by atoms with van der Waals surface area (Å²) in [6.07, 6.45) is 7.96. The summed E-state index contributed by atoms with van der Waals surface area (Å²) < 4.78 is 0.969. The monoisotopic (exact) mass is 354 g/mol. The van der Waals surface area contributed by atoms with Gasteiger partial charge in [-0.05, 0) is 53.4 Å². The highest BCUT2D eigenvalue weighted by Crippen LogP contribution is 2.38. The molecule has 21 heavy (non-hydrogen) atoms. The Labute approximate surface area is 136 Å². The molecule has 4 nitrogen and oxygen atoms in total. The summed E-state index contributed by atoms with van der Waals surface area (Å²) in [7, 11) is 2.15. The van der Waals surface area contributed by atoms with Gasteiger partial charge in [0, 0.05) is 25.8 Å². The van der Waals surface area contributed by atoms with Gasteiger partial charge in [-0.15, -0.1) is 0 Å². The maximum Gasteiger partial charge on any atom is 0.224 e. The molecule has 1 heterocycles. The van der Waals surface area contributed by atoms with E-state index in [0.29, 0.717) is 11.5 Å². The Hall–Kier alpha value is -0.840. The van der Waals surface area contributed by atoms with Gasteiger partial charge in [0.25, 0.3) is 0 Å². The van der Waals surface area contributed by atoms with Crippen molar-refractivity contribution in [1.29, 1.82) is 0 Å². The van der Waals surface area contributed by atoms with Gasteiger partial charge in [-0.3, -0.25) is 0 Å². The summed E-state index contributed by atoms with van der Waals surface area (Å²) >= 11 is 3.59. The summed E-state index contributed by atoms with van der Waals surface area (Å²) in [4.78, 5) is 11.3. The van der Waals surface area contributed by atoms with E-state index in [1.54, 1.807) is 0 Å². The third-order valence-corrected chi connectivity index (χ3v) is 5.01. The van der Waals surface area contributed by atoms with Crippen LogP contribution in [0.1, 0.15) is 52.9 Å². The molecule has 0 spiro atoms. The van der Waals surface area contributed by atoms with Crippen molar-refractivity contribution in [1.82, 2.24) is 9.97 Å². The van der Waals surface area contributed by atoms with E-state index in [0.717, 1.165) is 29.2 Å². The Balaban J connectivity index is 2.09. The van der Waals surface area contributed by atoms with Gasteiger partial charge in [0.1, 0.15) is 5.82 Å². The number of nitrogens with one attached hydrogen (secondary N) is 1. The topological polar surface area (TPSA) is 41.1 Å². The highest BCUT2D eigenvalue weighted by atomic mass is 79.9. The summed E-state index contributed by atoms with van der Waals surface area (Å²) in [5, 5.41) is 3.26. The molecular formula is C16H27BrN4. The first-order valence-corrected chi connectivity index (χ1v) is 8.71. The third kappa shape index (κ3) is 4.31. The second-order valence-electron chi connectivity index (χ2n) is 6.80. The molecule has 1 saturated carbocycles. The van der Waals surface area contributed by atoms with Gasteiger partial charge in [0.05, 0.1) is 4.47 Å². The van der Waals surface area contributed by atoms with Crippen molar-refractivity contribution in [3.05, 3.63) is 10.7 Å². The SMILES string of the molecule is CCCNc1ncc(Br)c(N(C)C2CCC(C)(C)CC2)n1. The van der Waals surface area contributed by atoms with E-state index in [9.17, 15) is 0 Å². The molecule has 1 N–H and O–H groups in total. The number of nitrogens with zero attached hydrogens (tertiary/aromatic N) is 3. The molecule has 1 aromatic rings. The van der Waals surface area contributed by atoms with Crippen LogP contribution in [0.25, 0.3) is 0 Å². The minimum atomic E-state index is 0.494. The van der Waals surface area contributed by atoms with Gasteiger partial charge in [-0.25, -0.2) is 4.98 Å². The Morgan fingerprint density at radius 1 is 1.38 bits per heavy atom. The minimum Gasteiger partial charge on any atom is -0.356 e. The fraction of sp³-hybridized carbons (Fsp3) is 0.750. The van der Waals surface area contributed by atoms with Crippen LogP contribution >= 0.6 is 15.9 Å². The molecule has 0 aliphatic heterocycles. The number of aromatic nitrogens is 2. The molecule has 118 valence electrons. The molecule has 0 radical (unpaired) electrons. The molecule has 2 rings (SSSR count). The normalized spacial score (nSPS) is 18.5. The van der Waals surface area contributed by atoms with Crippen LogP contribution in [0.4, 0.5) is 11.8 Å². The van der Waals surface area contributed by atoms with Crippen LogP contribution in [0, 0.1) is 5.41 Å². The average molecular weight is 355 g/mol. The summed E-state index contributed by atoms with van der Waals surface area (Å²) in [5.41, 5.74) is 0.494. The van der Waals surface area contributed by atoms with E-state index < -0.39 is 0 Å². The maximum atomic E-state index is 4.68. The Morgan fingerprint density at radius 2 is 2.05 bits per heavy atom. The lowest BCUT2D eigenvalue weighted by Crippen LogP contribution is -2.38. The largest absolute Gasteiger partial charge is 0.356 e. The summed E-state index contributed by atoms with van der Waals surface area (Å²) in [6.45, 7) is 7.79. The van der Waals surface area contributed by atoms with Gasteiger partial charge in [-0.2, -0.15) is 4.98 Å². The quantitative estimate of drug-likeness (QED) is 0.846. The number of hydrogen-bond donors (Lipinski definition) is 1. The van der Waals surface area contributed by atoms with E-state index in [1.165, 1.54) is 25.7 Å². The van der Waals surface area contributed by atoms with Crippen molar-refractivity contribution in [2.75, 3.05) is 23.8 Å². The highest BCUT2D eigenvalue weighted by molar-refractivity contribution is 9.10. The Bertz CT molecular complexity index is 465. The van der Waals surface area contributed by atoms with Crippen LogP contribution in [0.15, 0.2) is 10.7 Å². The summed E-state index contributed by atoms with van der Waals surface area (Å²) in [5.74, 6) is 1.71. The molecule has 1 aromatic heterocycles. The molecule has 0 saturated heterocycles. The second kappa shape index (κ2) is 6.95. The molecule has 1 aliphatic rings. The zero-order valence-corrected chi connectivity index (χ0v) is 15.2. The van der Waals surface area contributed by atoms with Gasteiger partial charge in [0.2, 0.25) is 5.95 Å². The lowest BCUT2D eigenvalue weighted by Gasteiger charge is -2.39. The fourth-order valence-electron chi connectivity index (χ4n) is 2.87. The Kier molecular flexibility index (Phi) is 5.47. The van der Waals surface area contributed by atoms with Crippen LogP contribution in [0.5, 0.6) is 0 Å². The van der Waals surface area contributed by atoms with Crippen molar-refractivity contribution in [2.45, 2.75) is 58.9 Å². The molecule has 5 heteroatoms. The smallest absolute Gasteiger partial charge is 0.224 e. The number of rotatable bonds is 5.